The van der Waals surface area contributed by atoms with Crippen LogP contribution in [0.3, 0.4) is 0 Å². The van der Waals surface area contributed by atoms with E-state index in [1.807, 2.05) is 24.3 Å². The molecular formula is C18H30BrIN4O. The van der Waals surface area contributed by atoms with Crippen LogP contribution in [0.15, 0.2) is 33.7 Å². The van der Waals surface area contributed by atoms with Crippen molar-refractivity contribution < 1.29 is 4.79 Å². The maximum atomic E-state index is 11.7. The number of halogens is 2. The zero-order chi connectivity index (χ0) is 17.8. The normalized spacial score (nSPS) is 10.8. The average molecular weight is 525 g/mol. The first-order valence-corrected chi connectivity index (χ1v) is 9.29. The number of hydrogen-bond donors (Lipinski definition) is 2. The number of carbonyl (C=O) groups is 1. The summed E-state index contributed by atoms with van der Waals surface area (Å²) in [5.41, 5.74) is 1.13. The molecule has 0 atom stereocenters. The molecule has 0 aliphatic rings. The molecule has 2 N–H and O–H groups in total. The van der Waals surface area contributed by atoms with Gasteiger partial charge in [-0.2, -0.15) is 0 Å². The van der Waals surface area contributed by atoms with Crippen LogP contribution in [0.1, 0.15) is 38.2 Å². The van der Waals surface area contributed by atoms with Crippen LogP contribution in [0.5, 0.6) is 0 Å². The van der Waals surface area contributed by atoms with Gasteiger partial charge in [0.2, 0.25) is 5.91 Å². The molecule has 0 aliphatic carbocycles. The van der Waals surface area contributed by atoms with Gasteiger partial charge < -0.3 is 15.5 Å². The maximum absolute atomic E-state index is 11.7. The van der Waals surface area contributed by atoms with Crippen LogP contribution in [0, 0.1) is 0 Å². The van der Waals surface area contributed by atoms with Crippen LogP contribution in [0.2, 0.25) is 0 Å². The number of amides is 1. The Morgan fingerprint density at radius 1 is 1.12 bits per heavy atom. The summed E-state index contributed by atoms with van der Waals surface area (Å²) < 4.78 is 1.05. The highest BCUT2D eigenvalue weighted by Gasteiger charge is 2.05. The lowest BCUT2D eigenvalue weighted by molar-refractivity contribution is -0.127. The van der Waals surface area contributed by atoms with Gasteiger partial charge in [0, 0.05) is 25.1 Å². The SMILES string of the molecule is CCCCCCNC(=NCc1ccc(Br)cc1)NCC(=O)N(C)C.I. The second-order valence-corrected chi connectivity index (χ2v) is 6.84. The first-order chi connectivity index (χ1) is 11.5. The van der Waals surface area contributed by atoms with Crippen LogP contribution in [0.25, 0.3) is 0 Å². The van der Waals surface area contributed by atoms with E-state index in [1.165, 1.54) is 19.3 Å². The Labute approximate surface area is 177 Å². The number of likely N-dealkylation sites (N-methyl/N-ethyl adjacent to an activating group) is 1. The molecule has 5 nitrogen and oxygen atoms in total. The number of guanidine groups is 1. The average Bonchev–Trinajstić information content (AvgIpc) is 2.57. The lowest BCUT2D eigenvalue weighted by atomic mass is 10.2. The molecule has 0 saturated heterocycles. The molecular weight excluding hydrogens is 495 g/mol. The Morgan fingerprint density at radius 3 is 2.40 bits per heavy atom. The molecule has 0 saturated carbocycles. The zero-order valence-electron chi connectivity index (χ0n) is 15.3. The van der Waals surface area contributed by atoms with Crippen molar-refractivity contribution in [2.24, 2.45) is 4.99 Å². The molecule has 0 aromatic heterocycles. The predicted octanol–water partition coefficient (Wildman–Crippen LogP) is 3.77. The van der Waals surface area contributed by atoms with Gasteiger partial charge in [-0.25, -0.2) is 4.99 Å². The molecule has 0 radical (unpaired) electrons. The number of carbonyl (C=O) groups excluding carboxylic acids is 1. The van der Waals surface area contributed by atoms with Gasteiger partial charge in [0.25, 0.3) is 0 Å². The van der Waals surface area contributed by atoms with Crippen molar-refractivity contribution in [3.63, 3.8) is 0 Å². The standard InChI is InChI=1S/C18H29BrN4O.HI/c1-4-5-6-7-12-20-18(22-14-17(24)23(2)3)21-13-15-8-10-16(19)11-9-15;/h8-11H,4-7,12-14H2,1-3H3,(H2,20,21,22);1H. The van der Waals surface area contributed by atoms with E-state index < -0.39 is 0 Å². The van der Waals surface area contributed by atoms with Gasteiger partial charge in [-0.3, -0.25) is 4.79 Å². The third kappa shape index (κ3) is 11.4. The lowest BCUT2D eigenvalue weighted by Crippen LogP contribution is -2.43. The molecule has 25 heavy (non-hydrogen) atoms. The maximum Gasteiger partial charge on any atom is 0.241 e. The van der Waals surface area contributed by atoms with Crippen molar-refractivity contribution in [2.45, 2.75) is 39.2 Å². The van der Waals surface area contributed by atoms with Gasteiger partial charge >= 0.3 is 0 Å². The Hall–Kier alpha value is -0.830. The molecule has 0 heterocycles. The number of nitrogens with one attached hydrogen (secondary N) is 2. The second kappa shape index (κ2) is 14.4. The molecule has 7 heteroatoms. The van der Waals surface area contributed by atoms with E-state index in [4.69, 9.17) is 0 Å². The van der Waals surface area contributed by atoms with Gasteiger partial charge in [-0.05, 0) is 24.1 Å². The van der Waals surface area contributed by atoms with E-state index in [9.17, 15) is 4.79 Å². The number of aliphatic imine (C=N–C) groups is 1. The molecule has 0 fully saturated rings. The fourth-order valence-electron chi connectivity index (χ4n) is 2.01. The summed E-state index contributed by atoms with van der Waals surface area (Å²) in [4.78, 5) is 17.9. The number of unbranched alkanes of at least 4 members (excludes halogenated alkanes) is 3. The summed E-state index contributed by atoms with van der Waals surface area (Å²) in [5.74, 6) is 0.712. The van der Waals surface area contributed by atoms with Crippen LogP contribution in [-0.2, 0) is 11.3 Å². The van der Waals surface area contributed by atoms with E-state index in [0.717, 1.165) is 23.0 Å². The number of rotatable bonds is 9. The lowest BCUT2D eigenvalue weighted by Gasteiger charge is -2.15. The van der Waals surface area contributed by atoms with Gasteiger partial charge in [0.05, 0.1) is 13.1 Å². The van der Waals surface area contributed by atoms with Crippen molar-refractivity contribution in [3.05, 3.63) is 34.3 Å². The Morgan fingerprint density at radius 2 is 1.80 bits per heavy atom. The molecule has 1 rings (SSSR count). The Bertz CT molecular complexity index is 520. The first kappa shape index (κ1) is 24.2. The Kier molecular flexibility index (Phi) is 13.9. The number of benzene rings is 1. The van der Waals surface area contributed by atoms with Crippen LogP contribution in [-0.4, -0.2) is 44.0 Å². The number of hydrogen-bond acceptors (Lipinski definition) is 2. The number of nitrogens with zero attached hydrogens (tertiary/aromatic N) is 2. The van der Waals surface area contributed by atoms with Crippen molar-refractivity contribution in [1.29, 1.82) is 0 Å². The largest absolute Gasteiger partial charge is 0.356 e. The zero-order valence-corrected chi connectivity index (χ0v) is 19.3. The monoisotopic (exact) mass is 524 g/mol. The summed E-state index contributed by atoms with van der Waals surface area (Å²) in [6, 6.07) is 8.09. The minimum absolute atomic E-state index is 0. The summed E-state index contributed by atoms with van der Waals surface area (Å²) >= 11 is 3.43. The summed E-state index contributed by atoms with van der Waals surface area (Å²) in [5, 5.41) is 6.43. The molecule has 1 amide bonds. The van der Waals surface area contributed by atoms with Crippen molar-refractivity contribution >= 4 is 51.8 Å². The third-order valence-corrected chi connectivity index (χ3v) is 4.09. The first-order valence-electron chi connectivity index (χ1n) is 8.49. The minimum Gasteiger partial charge on any atom is -0.356 e. The fourth-order valence-corrected chi connectivity index (χ4v) is 2.27. The van der Waals surface area contributed by atoms with Crippen LogP contribution in [0.4, 0.5) is 0 Å². The molecule has 0 bridgehead atoms. The second-order valence-electron chi connectivity index (χ2n) is 5.92. The highest BCUT2D eigenvalue weighted by atomic mass is 127. The van der Waals surface area contributed by atoms with E-state index >= 15 is 0 Å². The quantitative estimate of drug-likeness (QED) is 0.224. The highest BCUT2D eigenvalue weighted by Crippen LogP contribution is 2.11. The molecule has 0 aliphatic heterocycles. The van der Waals surface area contributed by atoms with E-state index in [-0.39, 0.29) is 36.4 Å². The van der Waals surface area contributed by atoms with E-state index in [1.54, 1.807) is 19.0 Å². The van der Waals surface area contributed by atoms with Crippen molar-refractivity contribution in [2.75, 3.05) is 27.2 Å². The van der Waals surface area contributed by atoms with Gasteiger partial charge in [-0.15, -0.1) is 24.0 Å². The van der Waals surface area contributed by atoms with E-state index in [0.29, 0.717) is 12.5 Å². The Balaban J connectivity index is 0.00000576. The molecule has 142 valence electrons. The van der Waals surface area contributed by atoms with Crippen LogP contribution >= 0.6 is 39.9 Å². The molecule has 0 unspecified atom stereocenters. The fraction of sp³-hybridized carbons (Fsp3) is 0.556. The van der Waals surface area contributed by atoms with Gasteiger partial charge in [0.15, 0.2) is 5.96 Å². The highest BCUT2D eigenvalue weighted by molar-refractivity contribution is 14.0. The molecule has 1 aromatic carbocycles. The molecule has 0 spiro atoms. The minimum atomic E-state index is 0. The van der Waals surface area contributed by atoms with Crippen molar-refractivity contribution in [3.8, 4) is 0 Å². The van der Waals surface area contributed by atoms with Crippen LogP contribution < -0.4 is 10.6 Å². The smallest absolute Gasteiger partial charge is 0.241 e. The van der Waals surface area contributed by atoms with Gasteiger partial charge in [0.1, 0.15) is 0 Å². The predicted molar refractivity (Wildman–Crippen MR) is 120 cm³/mol. The third-order valence-electron chi connectivity index (χ3n) is 3.56. The summed E-state index contributed by atoms with van der Waals surface area (Å²) in [6.07, 6.45) is 4.79. The molecule has 1 aromatic rings. The van der Waals surface area contributed by atoms with Gasteiger partial charge in [-0.1, -0.05) is 54.2 Å². The van der Waals surface area contributed by atoms with Crippen molar-refractivity contribution in [1.82, 2.24) is 15.5 Å². The van der Waals surface area contributed by atoms with E-state index in [2.05, 4.69) is 38.5 Å². The topological polar surface area (TPSA) is 56.7 Å². The summed E-state index contributed by atoms with van der Waals surface area (Å²) in [7, 11) is 3.50. The summed E-state index contributed by atoms with van der Waals surface area (Å²) in [6.45, 7) is 3.89.